The molecular formula is C37H52FN3O. The lowest BCUT2D eigenvalue weighted by Gasteiger charge is -2.29. The van der Waals surface area contributed by atoms with Gasteiger partial charge in [0.15, 0.2) is 0 Å². The number of likely N-dealkylation sites (tertiary alicyclic amines) is 1. The molecular weight excluding hydrogens is 521 g/mol. The number of carbonyl (C=O) groups is 1. The molecule has 0 saturated carbocycles. The summed E-state index contributed by atoms with van der Waals surface area (Å²) >= 11 is 0. The third-order valence-corrected chi connectivity index (χ3v) is 8.73. The van der Waals surface area contributed by atoms with Gasteiger partial charge in [-0.2, -0.15) is 5.10 Å². The Morgan fingerprint density at radius 3 is 2.81 bits per heavy atom. The van der Waals surface area contributed by atoms with Gasteiger partial charge in [-0.25, -0.2) is 9.07 Å². The number of rotatable bonds is 8. The highest BCUT2D eigenvalue weighted by Gasteiger charge is 2.32. The van der Waals surface area contributed by atoms with Crippen molar-refractivity contribution in [2.75, 3.05) is 6.54 Å². The van der Waals surface area contributed by atoms with Crippen LogP contribution in [0.2, 0.25) is 0 Å². The Balaban J connectivity index is 0.00000237. The van der Waals surface area contributed by atoms with Crippen molar-refractivity contribution in [3.8, 4) is 0 Å². The SMILES string of the molecule is C=C/C(=C\C=C/C)CCC1CCCN1C(=O)CC1CC/C(C)=C/c2c(cnn2/C2=C/C/C=C(F)\C=C/C2)CC1C.CC. The number of nitrogens with zero attached hydrogens (tertiary/aromatic N) is 3. The maximum atomic E-state index is 13.7. The molecule has 2 aliphatic carbocycles. The van der Waals surface area contributed by atoms with E-state index < -0.39 is 0 Å². The van der Waals surface area contributed by atoms with Crippen LogP contribution in [0.1, 0.15) is 104 Å². The van der Waals surface area contributed by atoms with E-state index in [4.69, 9.17) is 5.10 Å². The summed E-state index contributed by atoms with van der Waals surface area (Å²) in [6.45, 7) is 15.4. The van der Waals surface area contributed by atoms with Gasteiger partial charge in [0.1, 0.15) is 5.83 Å². The molecule has 0 radical (unpaired) electrons. The maximum absolute atomic E-state index is 13.7. The zero-order chi connectivity index (χ0) is 30.5. The summed E-state index contributed by atoms with van der Waals surface area (Å²) in [6.07, 6.45) is 28.3. The van der Waals surface area contributed by atoms with E-state index in [1.165, 1.54) is 16.7 Å². The topological polar surface area (TPSA) is 38.1 Å². The van der Waals surface area contributed by atoms with Gasteiger partial charge in [0, 0.05) is 31.1 Å². The number of halogens is 1. The molecule has 0 N–H and O–H groups in total. The Bertz CT molecular complexity index is 1240. The lowest BCUT2D eigenvalue weighted by molar-refractivity contribution is -0.133. The van der Waals surface area contributed by atoms with Crippen LogP contribution < -0.4 is 0 Å². The number of carbonyl (C=O) groups excluding carboxylic acids is 1. The fraction of sp³-hybridized carbons (Fsp3) is 0.514. The molecule has 3 atom stereocenters. The van der Waals surface area contributed by atoms with Gasteiger partial charge >= 0.3 is 0 Å². The van der Waals surface area contributed by atoms with Gasteiger partial charge in [0.2, 0.25) is 5.91 Å². The molecule has 5 heteroatoms. The van der Waals surface area contributed by atoms with E-state index in [1.54, 1.807) is 12.2 Å². The molecule has 0 aromatic carbocycles. The second-order valence-electron chi connectivity index (χ2n) is 11.7. The van der Waals surface area contributed by atoms with Gasteiger partial charge < -0.3 is 4.90 Å². The van der Waals surface area contributed by atoms with Crippen LogP contribution in [-0.4, -0.2) is 33.2 Å². The molecule has 42 heavy (non-hydrogen) atoms. The van der Waals surface area contributed by atoms with Crippen molar-refractivity contribution in [1.82, 2.24) is 14.7 Å². The molecule has 228 valence electrons. The monoisotopic (exact) mass is 573 g/mol. The zero-order valence-corrected chi connectivity index (χ0v) is 26.6. The van der Waals surface area contributed by atoms with Crippen LogP contribution in [-0.2, 0) is 11.2 Å². The lowest BCUT2D eigenvalue weighted by atomic mass is 9.83. The Morgan fingerprint density at radius 1 is 1.24 bits per heavy atom. The van der Waals surface area contributed by atoms with Crippen LogP contribution in [0.5, 0.6) is 0 Å². The predicted molar refractivity (Wildman–Crippen MR) is 176 cm³/mol. The normalized spacial score (nSPS) is 27.8. The first-order valence-corrected chi connectivity index (χ1v) is 16.1. The van der Waals surface area contributed by atoms with Gasteiger partial charge in [-0.1, -0.05) is 69.4 Å². The number of aromatic nitrogens is 2. The van der Waals surface area contributed by atoms with Gasteiger partial charge in [-0.3, -0.25) is 4.79 Å². The van der Waals surface area contributed by atoms with E-state index in [0.717, 1.165) is 62.9 Å². The first-order valence-electron chi connectivity index (χ1n) is 16.1. The fourth-order valence-corrected chi connectivity index (χ4v) is 6.29. The van der Waals surface area contributed by atoms with E-state index in [1.807, 2.05) is 49.9 Å². The largest absolute Gasteiger partial charge is 0.340 e. The van der Waals surface area contributed by atoms with Crippen molar-refractivity contribution in [2.24, 2.45) is 11.8 Å². The highest BCUT2D eigenvalue weighted by atomic mass is 19.1. The highest BCUT2D eigenvalue weighted by Crippen LogP contribution is 2.34. The average Bonchev–Trinajstić information content (AvgIpc) is 3.61. The van der Waals surface area contributed by atoms with Crippen LogP contribution in [0.25, 0.3) is 11.8 Å². The summed E-state index contributed by atoms with van der Waals surface area (Å²) in [6, 6.07) is 0.328. The molecule has 4 nitrogen and oxygen atoms in total. The molecule has 3 unspecified atom stereocenters. The first-order chi connectivity index (χ1) is 20.4. The third-order valence-electron chi connectivity index (χ3n) is 8.73. The molecule has 1 fully saturated rings. The Morgan fingerprint density at radius 2 is 2.05 bits per heavy atom. The molecule has 1 aliphatic heterocycles. The minimum atomic E-state index is -0.185. The second-order valence-corrected chi connectivity index (χ2v) is 11.7. The number of allylic oxidation sites excluding steroid dienone is 12. The summed E-state index contributed by atoms with van der Waals surface area (Å²) in [5, 5.41) is 4.78. The molecule has 4 rings (SSSR count). The van der Waals surface area contributed by atoms with Crippen LogP contribution in [0.15, 0.2) is 78.4 Å². The highest BCUT2D eigenvalue weighted by molar-refractivity contribution is 5.77. The van der Waals surface area contributed by atoms with Crippen LogP contribution in [0, 0.1) is 11.8 Å². The minimum absolute atomic E-state index is 0.185. The summed E-state index contributed by atoms with van der Waals surface area (Å²) < 4.78 is 15.7. The molecule has 3 aliphatic rings. The number of hydrogen-bond donors (Lipinski definition) is 0. The molecule has 1 saturated heterocycles. The predicted octanol–water partition coefficient (Wildman–Crippen LogP) is 9.80. The smallest absolute Gasteiger partial charge is 0.223 e. The van der Waals surface area contributed by atoms with Crippen molar-refractivity contribution in [2.45, 2.75) is 105 Å². The number of fused-ring (bicyclic) bond motifs is 1. The summed E-state index contributed by atoms with van der Waals surface area (Å²) in [4.78, 5) is 15.8. The molecule has 2 heterocycles. The van der Waals surface area contributed by atoms with Gasteiger partial charge in [0.25, 0.3) is 0 Å². The molecule has 0 bridgehead atoms. The van der Waals surface area contributed by atoms with E-state index in [0.29, 0.717) is 43.0 Å². The Hall–Kier alpha value is -3.21. The molecule has 1 aromatic heterocycles. The fourth-order valence-electron chi connectivity index (χ4n) is 6.29. The molecule has 1 aromatic rings. The van der Waals surface area contributed by atoms with Crippen LogP contribution >= 0.6 is 0 Å². The third kappa shape index (κ3) is 9.14. The van der Waals surface area contributed by atoms with Crippen molar-refractivity contribution in [3.63, 3.8) is 0 Å². The van der Waals surface area contributed by atoms with Crippen LogP contribution in [0.3, 0.4) is 0 Å². The molecule has 0 spiro atoms. The van der Waals surface area contributed by atoms with E-state index in [9.17, 15) is 9.18 Å². The van der Waals surface area contributed by atoms with Gasteiger partial charge in [-0.15, -0.1) is 0 Å². The second kappa shape index (κ2) is 17.0. The first kappa shape index (κ1) is 33.3. The van der Waals surface area contributed by atoms with Crippen molar-refractivity contribution in [3.05, 3.63) is 89.6 Å². The van der Waals surface area contributed by atoms with Crippen LogP contribution in [0.4, 0.5) is 4.39 Å². The van der Waals surface area contributed by atoms with Gasteiger partial charge in [-0.05, 0) is 106 Å². The van der Waals surface area contributed by atoms with E-state index in [2.05, 4.69) is 49.6 Å². The standard InChI is InChI=1S/C35H46FN3O.C2H6/c1-5-7-11-28(6-2)18-20-32-16-10-21-38(32)35(40)24-29-19-17-26(3)22-34-30(23-27(29)4)25-37-39(34)33-14-8-12-31(36)13-9-15-33;1-2/h5-8,11-13,15,22,25,27,29,32H,2,9-10,14,16-21,23-24H2,1,3-4H3;1-2H3/b7-5-,12-8-,26-22+,28-11+,31-13+,33-15+;. The number of hydrogen-bond acceptors (Lipinski definition) is 2. The van der Waals surface area contributed by atoms with Crippen molar-refractivity contribution < 1.29 is 9.18 Å². The van der Waals surface area contributed by atoms with Crippen molar-refractivity contribution >= 4 is 17.7 Å². The average molecular weight is 574 g/mol. The van der Waals surface area contributed by atoms with E-state index in [-0.39, 0.29) is 5.83 Å². The zero-order valence-electron chi connectivity index (χ0n) is 26.6. The number of amides is 1. The van der Waals surface area contributed by atoms with E-state index >= 15 is 0 Å². The Kier molecular flexibility index (Phi) is 13.5. The summed E-state index contributed by atoms with van der Waals surface area (Å²) in [5.41, 5.74) is 5.97. The summed E-state index contributed by atoms with van der Waals surface area (Å²) in [5.74, 6) is 0.845. The minimum Gasteiger partial charge on any atom is -0.340 e. The lowest BCUT2D eigenvalue weighted by Crippen LogP contribution is -2.37. The quantitative estimate of drug-likeness (QED) is 0.290. The maximum Gasteiger partial charge on any atom is 0.223 e. The summed E-state index contributed by atoms with van der Waals surface area (Å²) in [7, 11) is 0. The van der Waals surface area contributed by atoms with Crippen molar-refractivity contribution in [1.29, 1.82) is 0 Å². The molecule has 1 amide bonds. The van der Waals surface area contributed by atoms with Gasteiger partial charge in [0.05, 0.1) is 11.9 Å². The Labute approximate surface area is 254 Å².